The maximum Gasteiger partial charge on any atom is 0.161 e. The smallest absolute Gasteiger partial charge is 0.161 e. The highest BCUT2D eigenvalue weighted by atomic mass is 16.5. The Labute approximate surface area is 130 Å². The van der Waals surface area contributed by atoms with Crippen molar-refractivity contribution in [3.05, 3.63) is 48.2 Å². The van der Waals surface area contributed by atoms with Gasteiger partial charge in [-0.25, -0.2) is 9.97 Å². The third-order valence-electron chi connectivity index (χ3n) is 3.76. The summed E-state index contributed by atoms with van der Waals surface area (Å²) in [6.07, 6.45) is 1.82. The standard InChI is InChI=1S/C18H19N3O/c1-11(2)12-4-6-16(22-3)15(9-12)14-8-13-5-7-17(19)21-18(13)20-10-14/h4-11H,1-3H3,(H2,19,20,21). The van der Waals surface area contributed by atoms with E-state index in [2.05, 4.69) is 42.0 Å². The molecule has 2 aromatic heterocycles. The molecule has 0 fully saturated rings. The van der Waals surface area contributed by atoms with Crippen LogP contribution in [0.15, 0.2) is 42.6 Å². The highest BCUT2D eigenvalue weighted by molar-refractivity contribution is 5.83. The SMILES string of the molecule is COc1ccc(C(C)C)cc1-c1cnc2nc(N)ccc2c1. The third-order valence-corrected chi connectivity index (χ3v) is 3.76. The number of hydrogen-bond acceptors (Lipinski definition) is 4. The molecule has 0 aliphatic rings. The summed E-state index contributed by atoms with van der Waals surface area (Å²) in [5.74, 6) is 1.78. The Hall–Kier alpha value is -2.62. The number of hydrogen-bond donors (Lipinski definition) is 1. The number of nitrogens with two attached hydrogens (primary N) is 1. The summed E-state index contributed by atoms with van der Waals surface area (Å²) in [7, 11) is 1.69. The summed E-state index contributed by atoms with van der Waals surface area (Å²) >= 11 is 0. The molecule has 0 bridgehead atoms. The average molecular weight is 293 g/mol. The van der Waals surface area contributed by atoms with Crippen LogP contribution in [-0.4, -0.2) is 17.1 Å². The molecule has 0 unspecified atom stereocenters. The number of nitrogen functional groups attached to an aromatic ring is 1. The van der Waals surface area contributed by atoms with E-state index in [1.807, 2.05) is 18.3 Å². The van der Waals surface area contributed by atoms with E-state index in [0.29, 0.717) is 17.4 Å². The lowest BCUT2D eigenvalue weighted by Crippen LogP contribution is -1.95. The second-order valence-electron chi connectivity index (χ2n) is 5.62. The first-order valence-corrected chi connectivity index (χ1v) is 7.29. The van der Waals surface area contributed by atoms with Crippen molar-refractivity contribution >= 4 is 16.9 Å². The van der Waals surface area contributed by atoms with Crippen molar-refractivity contribution in [2.45, 2.75) is 19.8 Å². The summed E-state index contributed by atoms with van der Waals surface area (Å²) < 4.78 is 5.50. The predicted molar refractivity (Wildman–Crippen MR) is 90.0 cm³/mol. The molecule has 0 spiro atoms. The molecule has 0 amide bonds. The van der Waals surface area contributed by atoms with Crippen LogP contribution in [0, 0.1) is 0 Å². The molecule has 3 aromatic rings. The van der Waals surface area contributed by atoms with Crippen LogP contribution in [0.2, 0.25) is 0 Å². The van der Waals surface area contributed by atoms with Crippen molar-refractivity contribution in [1.29, 1.82) is 0 Å². The predicted octanol–water partition coefficient (Wildman–Crippen LogP) is 4.01. The van der Waals surface area contributed by atoms with Gasteiger partial charge in [-0.15, -0.1) is 0 Å². The van der Waals surface area contributed by atoms with Gasteiger partial charge in [0, 0.05) is 22.7 Å². The average Bonchev–Trinajstić information content (AvgIpc) is 2.53. The fourth-order valence-corrected chi connectivity index (χ4v) is 2.48. The summed E-state index contributed by atoms with van der Waals surface area (Å²) in [5.41, 5.74) is 9.68. The molecule has 22 heavy (non-hydrogen) atoms. The third kappa shape index (κ3) is 2.60. The first kappa shape index (κ1) is 14.3. The normalized spacial score (nSPS) is 11.1. The Morgan fingerprint density at radius 1 is 1.09 bits per heavy atom. The van der Waals surface area contributed by atoms with Crippen molar-refractivity contribution in [3.63, 3.8) is 0 Å². The first-order valence-electron chi connectivity index (χ1n) is 7.29. The zero-order valence-electron chi connectivity index (χ0n) is 13.0. The van der Waals surface area contributed by atoms with Gasteiger partial charge in [0.15, 0.2) is 5.65 Å². The first-order chi connectivity index (χ1) is 10.6. The van der Waals surface area contributed by atoms with Crippen molar-refractivity contribution in [3.8, 4) is 16.9 Å². The molecule has 0 aliphatic heterocycles. The minimum absolute atomic E-state index is 0.458. The molecule has 2 heterocycles. The molecule has 2 N–H and O–H groups in total. The molecule has 3 rings (SSSR count). The van der Waals surface area contributed by atoms with Gasteiger partial charge in [0.05, 0.1) is 7.11 Å². The van der Waals surface area contributed by atoms with E-state index in [4.69, 9.17) is 10.5 Å². The lowest BCUT2D eigenvalue weighted by Gasteiger charge is -2.13. The van der Waals surface area contributed by atoms with Crippen LogP contribution in [0.25, 0.3) is 22.2 Å². The molecule has 0 saturated carbocycles. The topological polar surface area (TPSA) is 61.0 Å². The Bertz CT molecular complexity index is 828. The molecule has 0 aliphatic carbocycles. The molecule has 0 saturated heterocycles. The van der Waals surface area contributed by atoms with E-state index < -0.39 is 0 Å². The van der Waals surface area contributed by atoms with E-state index in [1.165, 1.54) is 5.56 Å². The van der Waals surface area contributed by atoms with Gasteiger partial charge in [0.25, 0.3) is 0 Å². The second kappa shape index (κ2) is 5.64. The van der Waals surface area contributed by atoms with Crippen molar-refractivity contribution < 1.29 is 4.74 Å². The fourth-order valence-electron chi connectivity index (χ4n) is 2.48. The zero-order chi connectivity index (χ0) is 15.7. The Kier molecular flexibility index (Phi) is 3.67. The zero-order valence-corrected chi connectivity index (χ0v) is 13.0. The number of pyridine rings is 2. The molecule has 4 nitrogen and oxygen atoms in total. The van der Waals surface area contributed by atoms with Gasteiger partial charge < -0.3 is 10.5 Å². The van der Waals surface area contributed by atoms with E-state index in [0.717, 1.165) is 22.3 Å². The van der Waals surface area contributed by atoms with Gasteiger partial charge >= 0.3 is 0 Å². The number of nitrogens with zero attached hydrogens (tertiary/aromatic N) is 2. The fraction of sp³-hybridized carbons (Fsp3) is 0.222. The van der Waals surface area contributed by atoms with Gasteiger partial charge in [-0.05, 0) is 41.8 Å². The Balaban J connectivity index is 2.17. The number of ether oxygens (including phenoxy) is 1. The van der Waals surface area contributed by atoms with Gasteiger partial charge in [0.1, 0.15) is 11.6 Å². The number of methoxy groups -OCH3 is 1. The van der Waals surface area contributed by atoms with E-state index in [1.54, 1.807) is 13.2 Å². The molecule has 112 valence electrons. The highest BCUT2D eigenvalue weighted by Crippen LogP contribution is 2.33. The van der Waals surface area contributed by atoms with Crippen molar-refractivity contribution in [1.82, 2.24) is 9.97 Å². The lowest BCUT2D eigenvalue weighted by atomic mass is 9.97. The molecule has 1 aromatic carbocycles. The monoisotopic (exact) mass is 293 g/mol. The maximum atomic E-state index is 5.70. The van der Waals surface area contributed by atoms with Crippen LogP contribution in [0.5, 0.6) is 5.75 Å². The lowest BCUT2D eigenvalue weighted by molar-refractivity contribution is 0.416. The largest absolute Gasteiger partial charge is 0.496 e. The number of anilines is 1. The van der Waals surface area contributed by atoms with Gasteiger partial charge in [-0.2, -0.15) is 0 Å². The van der Waals surface area contributed by atoms with Crippen LogP contribution in [0.1, 0.15) is 25.3 Å². The number of benzene rings is 1. The van der Waals surface area contributed by atoms with Gasteiger partial charge in [-0.3, -0.25) is 0 Å². The molecule has 0 radical (unpaired) electrons. The van der Waals surface area contributed by atoms with Crippen molar-refractivity contribution in [2.24, 2.45) is 0 Å². The van der Waals surface area contributed by atoms with Crippen LogP contribution >= 0.6 is 0 Å². The van der Waals surface area contributed by atoms with Crippen LogP contribution in [-0.2, 0) is 0 Å². The number of aromatic nitrogens is 2. The Morgan fingerprint density at radius 2 is 1.91 bits per heavy atom. The highest BCUT2D eigenvalue weighted by Gasteiger charge is 2.10. The molecular weight excluding hydrogens is 274 g/mol. The summed E-state index contributed by atoms with van der Waals surface area (Å²) in [6.45, 7) is 4.36. The number of rotatable bonds is 3. The summed E-state index contributed by atoms with van der Waals surface area (Å²) in [6, 6.07) is 12.1. The van der Waals surface area contributed by atoms with Crippen molar-refractivity contribution in [2.75, 3.05) is 12.8 Å². The molecular formula is C18H19N3O. The van der Waals surface area contributed by atoms with Crippen LogP contribution in [0.4, 0.5) is 5.82 Å². The second-order valence-corrected chi connectivity index (χ2v) is 5.62. The molecule has 0 atom stereocenters. The van der Waals surface area contributed by atoms with E-state index in [9.17, 15) is 0 Å². The minimum atomic E-state index is 0.458. The van der Waals surface area contributed by atoms with Crippen LogP contribution < -0.4 is 10.5 Å². The number of fused-ring (bicyclic) bond motifs is 1. The Morgan fingerprint density at radius 3 is 2.64 bits per heavy atom. The van der Waals surface area contributed by atoms with Gasteiger partial charge in [-0.1, -0.05) is 19.9 Å². The van der Waals surface area contributed by atoms with E-state index in [-0.39, 0.29) is 0 Å². The minimum Gasteiger partial charge on any atom is -0.496 e. The quantitative estimate of drug-likeness (QED) is 0.792. The van der Waals surface area contributed by atoms with E-state index >= 15 is 0 Å². The van der Waals surface area contributed by atoms with Gasteiger partial charge in [0.2, 0.25) is 0 Å². The maximum absolute atomic E-state index is 5.70. The summed E-state index contributed by atoms with van der Waals surface area (Å²) in [4.78, 5) is 8.66. The summed E-state index contributed by atoms with van der Waals surface area (Å²) in [5, 5.41) is 0.962. The molecule has 4 heteroatoms. The van der Waals surface area contributed by atoms with Crippen LogP contribution in [0.3, 0.4) is 0 Å².